The Hall–Kier alpha value is -2.75. The van der Waals surface area contributed by atoms with Crippen molar-refractivity contribution in [2.45, 2.75) is 6.92 Å². The molecule has 0 saturated heterocycles. The Bertz CT molecular complexity index is 649. The van der Waals surface area contributed by atoms with Gasteiger partial charge in [-0.3, -0.25) is 14.6 Å². The van der Waals surface area contributed by atoms with Crippen LogP contribution in [0.15, 0.2) is 54.9 Å². The van der Waals surface area contributed by atoms with Gasteiger partial charge >= 0.3 is 0 Å². The predicted molar refractivity (Wildman–Crippen MR) is 78.3 cm³/mol. The van der Waals surface area contributed by atoms with Gasteiger partial charge in [-0.15, -0.1) is 0 Å². The monoisotopic (exact) mass is 266 g/mol. The van der Waals surface area contributed by atoms with Crippen LogP contribution in [-0.4, -0.2) is 16.7 Å². The average molecular weight is 266 g/mol. The van der Waals surface area contributed by atoms with Gasteiger partial charge < -0.3 is 5.32 Å². The zero-order valence-corrected chi connectivity index (χ0v) is 11.0. The maximum Gasteiger partial charge on any atom is 0.221 e. The summed E-state index contributed by atoms with van der Waals surface area (Å²) in [7, 11) is 0. The highest BCUT2D eigenvalue weighted by Crippen LogP contribution is 2.12. The zero-order chi connectivity index (χ0) is 14.4. The molecule has 1 N–H and O–H groups in total. The maximum absolute atomic E-state index is 12.0. The number of anilines is 1. The molecule has 0 unspecified atom stereocenters. The number of carbonyl (C=O) groups excluding carboxylic acids is 2. The van der Waals surface area contributed by atoms with E-state index in [1.165, 1.54) is 13.0 Å². The number of hydrogen-bond acceptors (Lipinski definition) is 3. The van der Waals surface area contributed by atoms with Crippen molar-refractivity contribution in [3.05, 3.63) is 66.0 Å². The molecule has 1 aromatic carbocycles. The van der Waals surface area contributed by atoms with Crippen molar-refractivity contribution in [2.24, 2.45) is 0 Å². The Morgan fingerprint density at radius 3 is 2.60 bits per heavy atom. The topological polar surface area (TPSA) is 59.1 Å². The van der Waals surface area contributed by atoms with E-state index in [0.29, 0.717) is 11.3 Å². The fourth-order valence-corrected chi connectivity index (χ4v) is 1.70. The first-order chi connectivity index (χ1) is 9.65. The molecule has 0 aliphatic heterocycles. The molecule has 1 amide bonds. The summed E-state index contributed by atoms with van der Waals surface area (Å²) >= 11 is 0. The Kier molecular flexibility index (Phi) is 4.39. The van der Waals surface area contributed by atoms with E-state index < -0.39 is 0 Å². The van der Waals surface area contributed by atoms with Crippen LogP contribution in [0.3, 0.4) is 0 Å². The quantitative estimate of drug-likeness (QED) is 0.683. The number of rotatable bonds is 4. The molecule has 1 heterocycles. The number of hydrogen-bond donors (Lipinski definition) is 1. The lowest BCUT2D eigenvalue weighted by atomic mass is 10.1. The summed E-state index contributed by atoms with van der Waals surface area (Å²) in [5.74, 6) is -0.282. The highest BCUT2D eigenvalue weighted by atomic mass is 16.1. The first-order valence-electron chi connectivity index (χ1n) is 6.15. The van der Waals surface area contributed by atoms with Crippen LogP contribution in [0.5, 0.6) is 0 Å². The third kappa shape index (κ3) is 3.88. The molecule has 0 radical (unpaired) electrons. The van der Waals surface area contributed by atoms with Gasteiger partial charge in [-0.2, -0.15) is 0 Å². The number of nitrogens with one attached hydrogen (secondary N) is 1. The summed E-state index contributed by atoms with van der Waals surface area (Å²) in [5.41, 5.74) is 2.05. The van der Waals surface area contributed by atoms with Crippen molar-refractivity contribution in [3.63, 3.8) is 0 Å². The van der Waals surface area contributed by atoms with Crippen molar-refractivity contribution in [1.82, 2.24) is 4.98 Å². The van der Waals surface area contributed by atoms with Gasteiger partial charge in [0.05, 0.1) is 0 Å². The molecule has 4 heteroatoms. The molecule has 0 spiro atoms. The van der Waals surface area contributed by atoms with Gasteiger partial charge in [0.2, 0.25) is 5.91 Å². The van der Waals surface area contributed by atoms with E-state index in [2.05, 4.69) is 10.3 Å². The van der Waals surface area contributed by atoms with Crippen molar-refractivity contribution < 1.29 is 9.59 Å². The highest BCUT2D eigenvalue weighted by Gasteiger charge is 2.03. The van der Waals surface area contributed by atoms with E-state index in [4.69, 9.17) is 0 Å². The van der Waals surface area contributed by atoms with Crippen molar-refractivity contribution in [1.29, 1.82) is 0 Å². The third-order valence-electron chi connectivity index (χ3n) is 2.60. The van der Waals surface area contributed by atoms with Crippen molar-refractivity contribution in [3.8, 4) is 0 Å². The van der Waals surface area contributed by atoms with Gasteiger partial charge in [0.25, 0.3) is 0 Å². The Labute approximate surface area is 117 Å². The second-order valence-corrected chi connectivity index (χ2v) is 4.24. The van der Waals surface area contributed by atoms with E-state index in [-0.39, 0.29) is 11.7 Å². The highest BCUT2D eigenvalue weighted by molar-refractivity contribution is 6.07. The van der Waals surface area contributed by atoms with Crippen LogP contribution in [-0.2, 0) is 4.79 Å². The number of aromatic nitrogens is 1. The molecular weight excluding hydrogens is 252 g/mol. The summed E-state index contributed by atoms with van der Waals surface area (Å²) in [6, 6.07) is 10.5. The smallest absolute Gasteiger partial charge is 0.221 e. The van der Waals surface area contributed by atoms with E-state index in [9.17, 15) is 9.59 Å². The van der Waals surface area contributed by atoms with Crippen LogP contribution < -0.4 is 5.32 Å². The van der Waals surface area contributed by atoms with Gasteiger partial charge in [-0.25, -0.2) is 0 Å². The van der Waals surface area contributed by atoms with E-state index in [0.717, 1.165) is 5.56 Å². The fourth-order valence-electron chi connectivity index (χ4n) is 1.70. The number of amides is 1. The van der Waals surface area contributed by atoms with Gasteiger partial charge in [-0.1, -0.05) is 18.2 Å². The predicted octanol–water partition coefficient (Wildman–Crippen LogP) is 2.94. The lowest BCUT2D eigenvalue weighted by Crippen LogP contribution is -2.06. The van der Waals surface area contributed by atoms with Crippen LogP contribution >= 0.6 is 0 Å². The van der Waals surface area contributed by atoms with Crippen LogP contribution in [0.4, 0.5) is 5.69 Å². The fraction of sp³-hybridized carbons (Fsp3) is 0.0625. The number of allylic oxidation sites excluding steroid dienone is 1. The van der Waals surface area contributed by atoms with Crippen LogP contribution in [0.1, 0.15) is 22.8 Å². The van der Waals surface area contributed by atoms with Crippen molar-refractivity contribution in [2.75, 3.05) is 5.32 Å². The van der Waals surface area contributed by atoms with Gasteiger partial charge in [0.15, 0.2) is 5.78 Å². The minimum absolute atomic E-state index is 0.117. The first-order valence-corrected chi connectivity index (χ1v) is 6.15. The second kappa shape index (κ2) is 6.43. The SMILES string of the molecule is CC(=O)Nc1cccc(C(=O)C=Cc2ccncc2)c1. The van der Waals surface area contributed by atoms with Gasteiger partial charge in [0.1, 0.15) is 0 Å². The minimum atomic E-state index is -0.165. The Balaban J connectivity index is 2.13. The van der Waals surface area contributed by atoms with E-state index >= 15 is 0 Å². The lowest BCUT2D eigenvalue weighted by Gasteiger charge is -2.03. The van der Waals surface area contributed by atoms with E-state index in [1.807, 2.05) is 12.1 Å². The maximum atomic E-state index is 12.0. The number of ketones is 1. The van der Waals surface area contributed by atoms with E-state index in [1.54, 1.807) is 42.7 Å². The number of benzene rings is 1. The Morgan fingerprint density at radius 1 is 1.15 bits per heavy atom. The summed E-state index contributed by atoms with van der Waals surface area (Å²) < 4.78 is 0. The van der Waals surface area contributed by atoms with Crippen LogP contribution in [0.2, 0.25) is 0 Å². The minimum Gasteiger partial charge on any atom is -0.326 e. The zero-order valence-electron chi connectivity index (χ0n) is 11.0. The molecule has 0 aliphatic rings. The molecule has 20 heavy (non-hydrogen) atoms. The van der Waals surface area contributed by atoms with Crippen LogP contribution in [0.25, 0.3) is 6.08 Å². The third-order valence-corrected chi connectivity index (χ3v) is 2.60. The molecule has 2 aromatic rings. The average Bonchev–Trinajstić information content (AvgIpc) is 2.45. The van der Waals surface area contributed by atoms with Crippen LogP contribution in [0, 0.1) is 0 Å². The van der Waals surface area contributed by atoms with Crippen molar-refractivity contribution >= 4 is 23.5 Å². The molecular formula is C16H14N2O2. The normalized spacial score (nSPS) is 10.4. The summed E-state index contributed by atoms with van der Waals surface area (Å²) in [4.78, 5) is 26.9. The molecule has 0 fully saturated rings. The molecule has 0 saturated carbocycles. The molecule has 0 bridgehead atoms. The molecule has 100 valence electrons. The summed E-state index contributed by atoms with van der Waals surface area (Å²) in [6.45, 7) is 1.43. The molecule has 0 aliphatic carbocycles. The largest absolute Gasteiger partial charge is 0.326 e. The Morgan fingerprint density at radius 2 is 1.90 bits per heavy atom. The lowest BCUT2D eigenvalue weighted by molar-refractivity contribution is -0.114. The molecule has 0 atom stereocenters. The summed E-state index contributed by atoms with van der Waals surface area (Å²) in [6.07, 6.45) is 6.57. The second-order valence-electron chi connectivity index (χ2n) is 4.24. The number of nitrogens with zero attached hydrogens (tertiary/aromatic N) is 1. The number of carbonyl (C=O) groups is 2. The number of pyridine rings is 1. The first kappa shape index (κ1) is 13.7. The molecule has 2 rings (SSSR count). The summed E-state index contributed by atoms with van der Waals surface area (Å²) in [5, 5.41) is 2.65. The molecule has 1 aromatic heterocycles. The van der Waals surface area contributed by atoms with Gasteiger partial charge in [0, 0.05) is 30.6 Å². The molecule has 4 nitrogen and oxygen atoms in total. The standard InChI is InChI=1S/C16H14N2O2/c1-12(19)18-15-4-2-3-14(11-15)16(20)6-5-13-7-9-17-10-8-13/h2-11H,1H3,(H,18,19). The van der Waals surface area contributed by atoms with Gasteiger partial charge in [-0.05, 0) is 35.9 Å².